The molecule has 0 aromatic heterocycles. The lowest BCUT2D eigenvalue weighted by molar-refractivity contribution is -0.145. The van der Waals surface area contributed by atoms with Crippen molar-refractivity contribution in [2.24, 2.45) is 11.3 Å². The van der Waals surface area contributed by atoms with E-state index in [1.165, 1.54) is 0 Å². The van der Waals surface area contributed by atoms with Crippen LogP contribution in [0, 0.1) is 34.0 Å². The summed E-state index contributed by atoms with van der Waals surface area (Å²) in [6.07, 6.45) is 0. The number of nitriles is 2. The molecule has 0 bridgehead atoms. The van der Waals surface area contributed by atoms with Crippen LogP contribution in [-0.2, 0) is 9.53 Å². The molecule has 0 aliphatic heterocycles. The number of hydrogen-bond acceptors (Lipinski definition) is 4. The maximum atomic E-state index is 11.8. The number of esters is 1. The van der Waals surface area contributed by atoms with Crippen LogP contribution in [0.2, 0.25) is 0 Å². The molecule has 4 nitrogen and oxygen atoms in total. The van der Waals surface area contributed by atoms with Gasteiger partial charge in [0.05, 0.1) is 24.7 Å². The Bertz CT molecular complexity index is 525. The van der Waals surface area contributed by atoms with Crippen LogP contribution in [0.5, 0.6) is 0 Å². The summed E-state index contributed by atoms with van der Waals surface area (Å²) in [6.45, 7) is 1.96. The summed E-state index contributed by atoms with van der Waals surface area (Å²) in [4.78, 5) is 11.8. The lowest BCUT2D eigenvalue weighted by atomic mass is 10.0. The maximum absolute atomic E-state index is 11.8. The van der Waals surface area contributed by atoms with Crippen LogP contribution in [-0.4, -0.2) is 12.6 Å². The van der Waals surface area contributed by atoms with Gasteiger partial charge in [0, 0.05) is 5.92 Å². The molecule has 0 amide bonds. The van der Waals surface area contributed by atoms with E-state index in [1.54, 1.807) is 6.92 Å². The minimum absolute atomic E-state index is 0.254. The monoisotopic (exact) mass is 240 g/mol. The lowest BCUT2D eigenvalue weighted by Crippen LogP contribution is -2.11. The van der Waals surface area contributed by atoms with Crippen molar-refractivity contribution in [3.8, 4) is 12.1 Å². The van der Waals surface area contributed by atoms with Gasteiger partial charge in [-0.15, -0.1) is 0 Å². The second-order valence-corrected chi connectivity index (χ2v) is 4.21. The van der Waals surface area contributed by atoms with Crippen molar-refractivity contribution in [1.29, 1.82) is 10.5 Å². The topological polar surface area (TPSA) is 73.9 Å². The highest BCUT2D eigenvalue weighted by Gasteiger charge is 2.71. The summed E-state index contributed by atoms with van der Waals surface area (Å²) >= 11 is 0. The Morgan fingerprint density at radius 1 is 1.33 bits per heavy atom. The van der Waals surface area contributed by atoms with E-state index in [0.29, 0.717) is 0 Å². The number of benzene rings is 1. The minimum atomic E-state index is -1.27. The summed E-state index contributed by atoms with van der Waals surface area (Å²) in [7, 11) is 0. The van der Waals surface area contributed by atoms with Gasteiger partial charge in [0.2, 0.25) is 0 Å². The van der Waals surface area contributed by atoms with E-state index in [0.717, 1.165) is 5.56 Å². The lowest BCUT2D eigenvalue weighted by Gasteiger charge is -1.99. The SMILES string of the molecule is CCOC(=O)[C@H]1[C@@H](c2ccccc2)C1(C#N)C#N. The fourth-order valence-electron chi connectivity index (χ4n) is 2.36. The highest BCUT2D eigenvalue weighted by Crippen LogP contribution is 2.64. The molecule has 0 radical (unpaired) electrons. The summed E-state index contributed by atoms with van der Waals surface area (Å²) in [6, 6.07) is 13.1. The van der Waals surface area contributed by atoms with Crippen molar-refractivity contribution in [1.82, 2.24) is 0 Å². The smallest absolute Gasteiger partial charge is 0.312 e. The summed E-state index contributed by atoms with van der Waals surface area (Å²) in [5.74, 6) is -1.52. The summed E-state index contributed by atoms with van der Waals surface area (Å²) in [5, 5.41) is 18.4. The summed E-state index contributed by atoms with van der Waals surface area (Å²) < 4.78 is 4.94. The Kier molecular flexibility index (Phi) is 3.04. The third kappa shape index (κ3) is 1.63. The molecule has 1 aliphatic carbocycles. The molecule has 0 N–H and O–H groups in total. The molecule has 0 saturated heterocycles. The Hall–Kier alpha value is -2.33. The number of nitrogens with zero attached hydrogens (tertiary/aromatic N) is 2. The standard InChI is InChI=1S/C14H12N2O2/c1-2-18-13(17)12-11(14(12,8-15)9-16)10-6-4-3-5-7-10/h3-7,11-12H,2H2,1H3/t11-,12-/m1/s1. The number of rotatable bonds is 3. The molecule has 0 spiro atoms. The van der Waals surface area contributed by atoms with E-state index in [2.05, 4.69) is 0 Å². The van der Waals surface area contributed by atoms with Crippen LogP contribution in [0.1, 0.15) is 18.4 Å². The van der Waals surface area contributed by atoms with Crippen molar-refractivity contribution in [3.05, 3.63) is 35.9 Å². The predicted molar refractivity (Wildman–Crippen MR) is 63.0 cm³/mol. The van der Waals surface area contributed by atoms with Crippen molar-refractivity contribution in [2.75, 3.05) is 6.61 Å². The van der Waals surface area contributed by atoms with E-state index in [9.17, 15) is 15.3 Å². The van der Waals surface area contributed by atoms with E-state index >= 15 is 0 Å². The highest BCUT2D eigenvalue weighted by atomic mass is 16.5. The van der Waals surface area contributed by atoms with E-state index in [-0.39, 0.29) is 12.5 Å². The maximum Gasteiger partial charge on any atom is 0.312 e. The zero-order chi connectivity index (χ0) is 13.2. The molecule has 1 aromatic carbocycles. The molecule has 1 fully saturated rings. The first kappa shape index (κ1) is 12.1. The molecule has 0 unspecified atom stereocenters. The Morgan fingerprint density at radius 3 is 2.44 bits per heavy atom. The number of carbonyl (C=O) groups excluding carboxylic acids is 1. The Morgan fingerprint density at radius 2 is 1.94 bits per heavy atom. The average Bonchev–Trinajstić information content (AvgIpc) is 3.09. The van der Waals surface area contributed by atoms with Gasteiger partial charge in [-0.3, -0.25) is 4.79 Å². The normalized spacial score (nSPS) is 23.5. The first-order valence-electron chi connectivity index (χ1n) is 5.75. The van der Waals surface area contributed by atoms with Gasteiger partial charge in [-0.05, 0) is 12.5 Å². The predicted octanol–water partition coefficient (Wildman–Crippen LogP) is 2.00. The van der Waals surface area contributed by atoms with Gasteiger partial charge in [0.25, 0.3) is 0 Å². The zero-order valence-electron chi connectivity index (χ0n) is 9.96. The first-order valence-corrected chi connectivity index (χ1v) is 5.75. The fourth-order valence-corrected chi connectivity index (χ4v) is 2.36. The van der Waals surface area contributed by atoms with Crippen molar-refractivity contribution in [2.45, 2.75) is 12.8 Å². The van der Waals surface area contributed by atoms with Crippen LogP contribution in [0.4, 0.5) is 0 Å². The number of carbonyl (C=O) groups is 1. The van der Waals surface area contributed by atoms with Gasteiger partial charge >= 0.3 is 5.97 Å². The molecule has 0 heterocycles. The van der Waals surface area contributed by atoms with Gasteiger partial charge in [-0.25, -0.2) is 0 Å². The second-order valence-electron chi connectivity index (χ2n) is 4.21. The summed E-state index contributed by atoms with van der Waals surface area (Å²) in [5.41, 5.74) is -0.438. The zero-order valence-corrected chi connectivity index (χ0v) is 9.96. The molecule has 1 aliphatic rings. The third-order valence-corrected chi connectivity index (χ3v) is 3.27. The first-order chi connectivity index (χ1) is 8.71. The molecule has 18 heavy (non-hydrogen) atoms. The van der Waals surface area contributed by atoms with Crippen LogP contribution in [0.25, 0.3) is 0 Å². The molecule has 2 atom stereocenters. The molecule has 1 aromatic rings. The quantitative estimate of drug-likeness (QED) is 0.757. The third-order valence-electron chi connectivity index (χ3n) is 3.27. The molecule has 90 valence electrons. The minimum Gasteiger partial charge on any atom is -0.466 e. The van der Waals surface area contributed by atoms with Crippen LogP contribution < -0.4 is 0 Å². The van der Waals surface area contributed by atoms with Gasteiger partial charge in [0.1, 0.15) is 0 Å². The number of hydrogen-bond donors (Lipinski definition) is 0. The van der Waals surface area contributed by atoms with Crippen molar-refractivity contribution < 1.29 is 9.53 Å². The van der Waals surface area contributed by atoms with Crippen LogP contribution >= 0.6 is 0 Å². The van der Waals surface area contributed by atoms with Gasteiger partial charge in [-0.1, -0.05) is 30.3 Å². The Labute approximate surface area is 105 Å². The fraction of sp³-hybridized carbons (Fsp3) is 0.357. The molecule has 1 saturated carbocycles. The van der Waals surface area contributed by atoms with E-state index < -0.39 is 17.3 Å². The van der Waals surface area contributed by atoms with Crippen LogP contribution in [0.3, 0.4) is 0 Å². The molecule has 4 heteroatoms. The second kappa shape index (κ2) is 4.50. The molecular formula is C14H12N2O2. The van der Waals surface area contributed by atoms with Crippen LogP contribution in [0.15, 0.2) is 30.3 Å². The molecule has 2 rings (SSSR count). The van der Waals surface area contributed by atoms with E-state index in [4.69, 9.17) is 4.74 Å². The molecular weight excluding hydrogens is 228 g/mol. The number of ether oxygens (including phenoxy) is 1. The average molecular weight is 240 g/mol. The van der Waals surface area contributed by atoms with Crippen molar-refractivity contribution >= 4 is 5.97 Å². The van der Waals surface area contributed by atoms with Gasteiger partial charge in [-0.2, -0.15) is 10.5 Å². The highest BCUT2D eigenvalue weighted by molar-refractivity contribution is 5.82. The van der Waals surface area contributed by atoms with E-state index in [1.807, 2.05) is 42.5 Å². The van der Waals surface area contributed by atoms with Gasteiger partial charge < -0.3 is 4.74 Å². The Balaban J connectivity index is 2.34. The van der Waals surface area contributed by atoms with Crippen molar-refractivity contribution in [3.63, 3.8) is 0 Å². The largest absolute Gasteiger partial charge is 0.466 e. The van der Waals surface area contributed by atoms with Gasteiger partial charge in [0.15, 0.2) is 5.41 Å².